The maximum Gasteiger partial charge on any atom is 0.337 e. The van der Waals surface area contributed by atoms with Gasteiger partial charge in [-0.05, 0) is 31.1 Å². The first-order chi connectivity index (χ1) is 8.82. The molecule has 0 radical (unpaired) electrons. The van der Waals surface area contributed by atoms with Crippen LogP contribution in [0.4, 0.5) is 0 Å². The molecule has 102 valence electrons. The highest BCUT2D eigenvalue weighted by Crippen LogP contribution is 2.15. The highest BCUT2D eigenvalue weighted by Gasteiger charge is 2.13. The van der Waals surface area contributed by atoms with Crippen molar-refractivity contribution in [1.29, 1.82) is 0 Å². The van der Waals surface area contributed by atoms with Crippen LogP contribution in [0, 0.1) is 0 Å². The van der Waals surface area contributed by atoms with E-state index in [-0.39, 0.29) is 16.9 Å². The summed E-state index contributed by atoms with van der Waals surface area (Å²) in [7, 11) is -4.26. The van der Waals surface area contributed by atoms with Gasteiger partial charge in [-0.2, -0.15) is 8.42 Å². The zero-order chi connectivity index (χ0) is 14.5. The van der Waals surface area contributed by atoms with Gasteiger partial charge in [-0.1, -0.05) is 24.8 Å². The fourth-order valence-electron chi connectivity index (χ4n) is 1.31. The first-order valence-corrected chi connectivity index (χ1v) is 6.83. The van der Waals surface area contributed by atoms with E-state index in [9.17, 15) is 13.2 Å². The summed E-state index contributed by atoms with van der Waals surface area (Å²) in [5.41, 5.74) is 0.676. The molecule has 0 fully saturated rings. The summed E-state index contributed by atoms with van der Waals surface area (Å²) in [6.45, 7) is 4.94. The van der Waals surface area contributed by atoms with Crippen LogP contribution in [0.5, 0.6) is 0 Å². The molecule has 0 bridgehead atoms. The third-order valence-corrected chi connectivity index (χ3v) is 3.16. The molecule has 0 heterocycles. The second-order valence-corrected chi connectivity index (χ2v) is 5.23. The van der Waals surface area contributed by atoms with Gasteiger partial charge in [0, 0.05) is 5.57 Å². The fourth-order valence-corrected chi connectivity index (χ4v) is 2.04. The normalized spacial score (nSPS) is 11.5. The Morgan fingerprint density at radius 3 is 2.63 bits per heavy atom. The van der Waals surface area contributed by atoms with Gasteiger partial charge < -0.3 is 4.74 Å². The number of esters is 1. The van der Waals surface area contributed by atoms with E-state index in [0.717, 1.165) is 6.26 Å². The van der Waals surface area contributed by atoms with Gasteiger partial charge in [-0.15, -0.1) is 0 Å². The molecule has 19 heavy (non-hydrogen) atoms. The topological polar surface area (TPSA) is 80.7 Å². The molecule has 0 atom stereocenters. The molecule has 6 heteroatoms. The van der Waals surface area contributed by atoms with E-state index in [4.69, 9.17) is 9.29 Å². The molecule has 1 aromatic rings. The Hall–Kier alpha value is -1.92. The van der Waals surface area contributed by atoms with Gasteiger partial charge in [0.2, 0.25) is 0 Å². The van der Waals surface area contributed by atoms with Crippen molar-refractivity contribution < 1.29 is 22.5 Å². The molecule has 0 aliphatic carbocycles. The van der Waals surface area contributed by atoms with Gasteiger partial charge in [0.25, 0.3) is 10.1 Å². The van der Waals surface area contributed by atoms with Crippen molar-refractivity contribution in [3.8, 4) is 0 Å². The van der Waals surface area contributed by atoms with Crippen LogP contribution >= 0.6 is 0 Å². The molecule has 0 unspecified atom stereocenters. The first-order valence-electron chi connectivity index (χ1n) is 5.39. The Morgan fingerprint density at radius 2 is 2.05 bits per heavy atom. The number of benzene rings is 1. The molecule has 0 spiro atoms. The molecule has 0 saturated carbocycles. The Bertz CT molecular complexity index is 614. The van der Waals surface area contributed by atoms with Crippen molar-refractivity contribution in [3.05, 3.63) is 54.3 Å². The minimum atomic E-state index is -4.26. The molecule has 1 rings (SSSR count). The number of allylic oxidation sites excluding steroid dienone is 1. The smallest absolute Gasteiger partial charge is 0.337 e. The second-order valence-electron chi connectivity index (χ2n) is 3.84. The maximum atomic E-state index is 11.1. The summed E-state index contributed by atoms with van der Waals surface area (Å²) in [4.78, 5) is 10.9. The SMILES string of the molecule is C=C(C)C(=O)OC=CCc1ccccc1S(=O)(=O)O. The lowest BCUT2D eigenvalue weighted by Crippen LogP contribution is -2.02. The van der Waals surface area contributed by atoms with Gasteiger partial charge in [0.1, 0.15) is 0 Å². The van der Waals surface area contributed by atoms with Crippen molar-refractivity contribution in [2.45, 2.75) is 18.2 Å². The van der Waals surface area contributed by atoms with Gasteiger partial charge in [-0.3, -0.25) is 4.55 Å². The van der Waals surface area contributed by atoms with Crippen LogP contribution in [0.15, 0.2) is 53.7 Å². The molecule has 0 aliphatic heterocycles. The monoisotopic (exact) mass is 282 g/mol. The maximum absolute atomic E-state index is 11.1. The van der Waals surface area contributed by atoms with Crippen LogP contribution in [0.1, 0.15) is 12.5 Å². The predicted molar refractivity (Wildman–Crippen MR) is 70.0 cm³/mol. The molecule has 0 aromatic heterocycles. The van der Waals surface area contributed by atoms with Crippen molar-refractivity contribution in [2.75, 3.05) is 0 Å². The largest absolute Gasteiger partial charge is 0.431 e. The minimum absolute atomic E-state index is 0.161. The molecule has 5 nitrogen and oxygen atoms in total. The Labute approximate surface area is 112 Å². The lowest BCUT2D eigenvalue weighted by atomic mass is 10.1. The molecule has 0 amide bonds. The van der Waals surface area contributed by atoms with E-state index in [1.54, 1.807) is 12.1 Å². The number of ether oxygens (including phenoxy) is 1. The van der Waals surface area contributed by atoms with Crippen LogP contribution in [0.25, 0.3) is 0 Å². The highest BCUT2D eigenvalue weighted by atomic mass is 32.2. The van der Waals surface area contributed by atoms with Crippen LogP contribution in [0.3, 0.4) is 0 Å². The lowest BCUT2D eigenvalue weighted by molar-refractivity contribution is -0.133. The molecular formula is C13H14O5S. The first kappa shape index (κ1) is 15.1. The summed E-state index contributed by atoms with van der Waals surface area (Å²) in [5.74, 6) is -0.556. The summed E-state index contributed by atoms with van der Waals surface area (Å²) < 4.78 is 36.0. The van der Waals surface area contributed by atoms with Crippen molar-refractivity contribution in [1.82, 2.24) is 0 Å². The standard InChI is InChI=1S/C13H14O5S/c1-10(2)13(14)18-9-5-7-11-6-3-4-8-12(11)19(15,16)17/h3-6,8-9H,1,7H2,2H3,(H,15,16,17). The zero-order valence-corrected chi connectivity index (χ0v) is 11.2. The van der Waals surface area contributed by atoms with Crippen molar-refractivity contribution in [2.24, 2.45) is 0 Å². The molecular weight excluding hydrogens is 268 g/mol. The summed E-state index contributed by atoms with van der Waals surface area (Å²) in [6, 6.07) is 6.03. The predicted octanol–water partition coefficient (Wildman–Crippen LogP) is 2.11. The average Bonchev–Trinajstić information content (AvgIpc) is 2.33. The van der Waals surface area contributed by atoms with Gasteiger partial charge in [0.05, 0.1) is 11.2 Å². The molecule has 1 N–H and O–H groups in total. The highest BCUT2D eigenvalue weighted by molar-refractivity contribution is 7.85. The Morgan fingerprint density at radius 1 is 1.42 bits per heavy atom. The third kappa shape index (κ3) is 4.69. The zero-order valence-electron chi connectivity index (χ0n) is 10.4. The van der Waals surface area contributed by atoms with Crippen LogP contribution < -0.4 is 0 Å². The van der Waals surface area contributed by atoms with E-state index in [1.165, 1.54) is 25.1 Å². The van der Waals surface area contributed by atoms with Crippen LogP contribution in [-0.4, -0.2) is 18.9 Å². The Kier molecular flexibility index (Phi) is 5.02. The fraction of sp³-hybridized carbons (Fsp3) is 0.154. The lowest BCUT2D eigenvalue weighted by Gasteiger charge is -2.03. The second kappa shape index (κ2) is 6.31. The summed E-state index contributed by atoms with van der Waals surface area (Å²) in [6.07, 6.45) is 2.85. The van der Waals surface area contributed by atoms with E-state index in [2.05, 4.69) is 6.58 Å². The summed E-state index contributed by atoms with van der Waals surface area (Å²) in [5, 5.41) is 0. The van der Waals surface area contributed by atoms with E-state index < -0.39 is 16.1 Å². The van der Waals surface area contributed by atoms with Gasteiger partial charge in [0.15, 0.2) is 0 Å². The molecule has 1 aromatic carbocycles. The third-order valence-electron chi connectivity index (χ3n) is 2.21. The average molecular weight is 282 g/mol. The van der Waals surface area contributed by atoms with Gasteiger partial charge >= 0.3 is 5.97 Å². The Balaban J connectivity index is 2.77. The van der Waals surface area contributed by atoms with E-state index in [1.807, 2.05) is 0 Å². The number of rotatable bonds is 5. The van der Waals surface area contributed by atoms with Crippen molar-refractivity contribution >= 4 is 16.1 Å². The van der Waals surface area contributed by atoms with E-state index >= 15 is 0 Å². The molecule has 0 aliphatic rings. The van der Waals surface area contributed by atoms with E-state index in [0.29, 0.717) is 5.56 Å². The quantitative estimate of drug-likeness (QED) is 0.387. The van der Waals surface area contributed by atoms with Crippen LogP contribution in [0.2, 0.25) is 0 Å². The van der Waals surface area contributed by atoms with Gasteiger partial charge in [-0.25, -0.2) is 4.79 Å². The minimum Gasteiger partial charge on any atom is -0.431 e. The van der Waals surface area contributed by atoms with Crippen LogP contribution in [-0.2, 0) is 26.1 Å². The molecule has 0 saturated heterocycles. The number of hydrogen-bond donors (Lipinski definition) is 1. The number of carbonyl (C=O) groups is 1. The summed E-state index contributed by atoms with van der Waals surface area (Å²) >= 11 is 0. The van der Waals surface area contributed by atoms with Crippen molar-refractivity contribution in [3.63, 3.8) is 0 Å². The number of carbonyl (C=O) groups excluding carboxylic acids is 1. The number of hydrogen-bond acceptors (Lipinski definition) is 4.